The molecule has 0 aromatic heterocycles. The molecular formula is C9H8F3IO. The van der Waals surface area contributed by atoms with Crippen LogP contribution in [0.1, 0.15) is 24.2 Å². The van der Waals surface area contributed by atoms with Gasteiger partial charge in [0, 0.05) is 3.57 Å². The summed E-state index contributed by atoms with van der Waals surface area (Å²) in [7, 11) is 0. The van der Waals surface area contributed by atoms with Crippen LogP contribution in [-0.4, -0.2) is 5.11 Å². The first-order chi connectivity index (χ1) is 6.32. The van der Waals surface area contributed by atoms with Gasteiger partial charge in [-0.2, -0.15) is 13.2 Å². The summed E-state index contributed by atoms with van der Waals surface area (Å²) in [5, 5.41) is 9.21. The van der Waals surface area contributed by atoms with Gasteiger partial charge in [-0.1, -0.05) is 6.07 Å². The van der Waals surface area contributed by atoms with Gasteiger partial charge in [0.25, 0.3) is 0 Å². The summed E-state index contributed by atoms with van der Waals surface area (Å²) in [5.41, 5.74) is -0.176. The number of benzene rings is 1. The highest BCUT2D eigenvalue weighted by Crippen LogP contribution is 2.32. The van der Waals surface area contributed by atoms with E-state index < -0.39 is 17.8 Å². The number of hydrogen-bond donors (Lipinski definition) is 1. The number of halogens is 4. The predicted molar refractivity (Wildman–Crippen MR) is 54.8 cm³/mol. The van der Waals surface area contributed by atoms with E-state index in [1.807, 2.05) is 0 Å². The van der Waals surface area contributed by atoms with Gasteiger partial charge in [-0.05, 0) is 47.2 Å². The number of aliphatic hydroxyl groups excluding tert-OH is 1. The molecule has 0 amide bonds. The Kier molecular flexibility index (Phi) is 3.41. The molecule has 5 heteroatoms. The smallest absolute Gasteiger partial charge is 0.389 e. The van der Waals surface area contributed by atoms with E-state index in [4.69, 9.17) is 0 Å². The predicted octanol–water partition coefficient (Wildman–Crippen LogP) is 3.36. The average Bonchev–Trinajstić information content (AvgIpc) is 2.01. The van der Waals surface area contributed by atoms with Crippen molar-refractivity contribution in [2.75, 3.05) is 0 Å². The van der Waals surface area contributed by atoms with Crippen molar-refractivity contribution in [3.05, 3.63) is 32.9 Å². The zero-order valence-electron chi connectivity index (χ0n) is 7.27. The van der Waals surface area contributed by atoms with Crippen LogP contribution in [0.2, 0.25) is 0 Å². The van der Waals surface area contributed by atoms with Gasteiger partial charge >= 0.3 is 6.18 Å². The molecule has 1 aromatic rings. The molecule has 1 unspecified atom stereocenters. The van der Waals surface area contributed by atoms with E-state index in [2.05, 4.69) is 0 Å². The van der Waals surface area contributed by atoms with Crippen LogP contribution in [0.3, 0.4) is 0 Å². The fourth-order valence-corrected chi connectivity index (χ4v) is 2.01. The maximum Gasteiger partial charge on any atom is 0.416 e. The maximum absolute atomic E-state index is 12.2. The summed E-state index contributed by atoms with van der Waals surface area (Å²) in [4.78, 5) is 0. The topological polar surface area (TPSA) is 20.2 Å². The van der Waals surface area contributed by atoms with Gasteiger partial charge in [0.15, 0.2) is 0 Å². The highest BCUT2D eigenvalue weighted by molar-refractivity contribution is 14.1. The summed E-state index contributed by atoms with van der Waals surface area (Å²) >= 11 is 1.78. The van der Waals surface area contributed by atoms with Crippen molar-refractivity contribution in [3.8, 4) is 0 Å². The summed E-state index contributed by atoms with van der Waals surface area (Å²) in [6, 6.07) is 3.31. The highest BCUT2D eigenvalue weighted by Gasteiger charge is 2.30. The monoisotopic (exact) mass is 316 g/mol. The van der Waals surface area contributed by atoms with Crippen molar-refractivity contribution in [1.29, 1.82) is 0 Å². The Morgan fingerprint density at radius 3 is 2.29 bits per heavy atom. The van der Waals surface area contributed by atoms with Crippen LogP contribution >= 0.6 is 22.6 Å². The second-order valence-electron chi connectivity index (χ2n) is 2.91. The maximum atomic E-state index is 12.2. The van der Waals surface area contributed by atoms with Crippen LogP contribution in [0.5, 0.6) is 0 Å². The van der Waals surface area contributed by atoms with Crippen molar-refractivity contribution in [3.63, 3.8) is 0 Å². The van der Waals surface area contributed by atoms with Gasteiger partial charge in [-0.3, -0.25) is 0 Å². The molecule has 1 rings (SSSR count). The van der Waals surface area contributed by atoms with Gasteiger partial charge < -0.3 is 5.11 Å². The second kappa shape index (κ2) is 4.06. The quantitative estimate of drug-likeness (QED) is 0.788. The molecular weight excluding hydrogens is 308 g/mol. The Bertz CT molecular complexity index is 333. The van der Waals surface area contributed by atoms with Crippen LogP contribution in [0.4, 0.5) is 13.2 Å². The van der Waals surface area contributed by atoms with E-state index in [1.165, 1.54) is 13.0 Å². The minimum Gasteiger partial charge on any atom is -0.389 e. The van der Waals surface area contributed by atoms with Gasteiger partial charge in [0.2, 0.25) is 0 Å². The van der Waals surface area contributed by atoms with Crippen molar-refractivity contribution >= 4 is 22.6 Å². The van der Waals surface area contributed by atoms with Crippen LogP contribution in [0.25, 0.3) is 0 Å². The third-order valence-corrected chi connectivity index (χ3v) is 2.71. The zero-order chi connectivity index (χ0) is 10.9. The van der Waals surface area contributed by atoms with Gasteiger partial charge in [-0.15, -0.1) is 0 Å². The largest absolute Gasteiger partial charge is 0.416 e. The number of rotatable bonds is 1. The van der Waals surface area contributed by atoms with Crippen LogP contribution in [0, 0.1) is 3.57 Å². The zero-order valence-corrected chi connectivity index (χ0v) is 9.43. The van der Waals surface area contributed by atoms with E-state index in [0.29, 0.717) is 9.13 Å². The molecule has 0 saturated heterocycles. The molecule has 0 spiro atoms. The molecule has 78 valence electrons. The third kappa shape index (κ3) is 2.60. The molecule has 0 aliphatic carbocycles. The lowest BCUT2D eigenvalue weighted by molar-refractivity contribution is -0.137. The van der Waals surface area contributed by atoms with Crippen LogP contribution < -0.4 is 0 Å². The first-order valence-corrected chi connectivity index (χ1v) is 4.95. The van der Waals surface area contributed by atoms with Crippen LogP contribution in [0.15, 0.2) is 18.2 Å². The molecule has 14 heavy (non-hydrogen) atoms. The highest BCUT2D eigenvalue weighted by atomic mass is 127. The summed E-state index contributed by atoms with van der Waals surface area (Å²) < 4.78 is 37.1. The van der Waals surface area contributed by atoms with E-state index in [-0.39, 0.29) is 0 Å². The normalized spacial score (nSPS) is 14.1. The lowest BCUT2D eigenvalue weighted by atomic mass is 10.1. The molecule has 0 bridgehead atoms. The van der Waals surface area contributed by atoms with Gasteiger partial charge in [-0.25, -0.2) is 0 Å². The fraction of sp³-hybridized carbons (Fsp3) is 0.333. The first-order valence-electron chi connectivity index (χ1n) is 3.87. The summed E-state index contributed by atoms with van der Waals surface area (Å²) in [5.74, 6) is 0. The Labute approximate surface area is 93.1 Å². The molecule has 0 fully saturated rings. The standard InChI is InChI=1S/C9H8F3IO/c1-5(14)7-3-2-6(4-8(7)13)9(10,11)12/h2-5,14H,1H3. The third-order valence-electron chi connectivity index (χ3n) is 1.78. The number of hydrogen-bond acceptors (Lipinski definition) is 1. The van der Waals surface area contributed by atoms with E-state index >= 15 is 0 Å². The molecule has 1 nitrogen and oxygen atoms in total. The second-order valence-corrected chi connectivity index (χ2v) is 4.07. The minimum atomic E-state index is -4.32. The van der Waals surface area contributed by atoms with Crippen LogP contribution in [-0.2, 0) is 6.18 Å². The molecule has 0 radical (unpaired) electrons. The molecule has 1 N–H and O–H groups in total. The number of alkyl halides is 3. The van der Waals surface area contributed by atoms with Crippen molar-refractivity contribution in [1.82, 2.24) is 0 Å². The van der Waals surface area contributed by atoms with Gasteiger partial charge in [0.1, 0.15) is 0 Å². The molecule has 0 aliphatic heterocycles. The van der Waals surface area contributed by atoms with Crippen molar-refractivity contribution < 1.29 is 18.3 Å². The molecule has 0 aliphatic rings. The molecule has 0 saturated carbocycles. The van der Waals surface area contributed by atoms with E-state index in [1.54, 1.807) is 22.6 Å². The Morgan fingerprint density at radius 1 is 1.36 bits per heavy atom. The summed E-state index contributed by atoms with van der Waals surface area (Å²) in [6.07, 6.45) is -5.07. The number of aliphatic hydroxyl groups is 1. The van der Waals surface area contributed by atoms with Crippen molar-refractivity contribution in [2.24, 2.45) is 0 Å². The van der Waals surface area contributed by atoms with E-state index in [0.717, 1.165) is 12.1 Å². The Morgan fingerprint density at radius 2 is 1.93 bits per heavy atom. The Balaban J connectivity index is 3.13. The summed E-state index contributed by atoms with van der Waals surface area (Å²) in [6.45, 7) is 1.52. The average molecular weight is 316 g/mol. The lowest BCUT2D eigenvalue weighted by Gasteiger charge is -2.11. The molecule has 1 aromatic carbocycles. The lowest BCUT2D eigenvalue weighted by Crippen LogP contribution is -2.06. The molecule has 0 heterocycles. The first kappa shape index (κ1) is 11.8. The van der Waals surface area contributed by atoms with Crippen molar-refractivity contribution in [2.45, 2.75) is 19.2 Å². The van der Waals surface area contributed by atoms with Gasteiger partial charge in [0.05, 0.1) is 11.7 Å². The minimum absolute atomic E-state index is 0.424. The van der Waals surface area contributed by atoms with E-state index in [9.17, 15) is 18.3 Å². The fourth-order valence-electron chi connectivity index (χ4n) is 1.04. The SMILES string of the molecule is CC(O)c1ccc(C(F)(F)F)cc1I. The Hall–Kier alpha value is -0.300. The molecule has 1 atom stereocenters.